The molecule has 166 valence electrons. The summed E-state index contributed by atoms with van der Waals surface area (Å²) in [6, 6.07) is 21.7. The standard InChI is InChI=1S/C23H18BrN5O4/c24-19-12-18(29(32)33)11-15(21(19)30)14-25-27-22(31)20-13-23(28-26-20,16-7-3-1-4-8-16)17-9-5-2-6-10-17/h1-14,26,28,30H,(H,27,31)/b25-14+. The van der Waals surface area contributed by atoms with Crippen molar-refractivity contribution in [3.05, 3.63) is 116 Å². The minimum atomic E-state index is -0.776. The number of nitro groups is 1. The molecule has 9 nitrogen and oxygen atoms in total. The van der Waals surface area contributed by atoms with Crippen LogP contribution in [0.25, 0.3) is 0 Å². The molecule has 0 spiro atoms. The lowest BCUT2D eigenvalue weighted by Gasteiger charge is -2.28. The Kier molecular flexibility index (Phi) is 6.20. The first-order chi connectivity index (χ1) is 15.9. The fourth-order valence-corrected chi connectivity index (χ4v) is 3.95. The van der Waals surface area contributed by atoms with Crippen LogP contribution in [0.2, 0.25) is 0 Å². The Morgan fingerprint density at radius 3 is 2.27 bits per heavy atom. The molecule has 3 aromatic rings. The molecule has 3 aromatic carbocycles. The normalized spacial score (nSPS) is 14.5. The molecule has 0 aliphatic carbocycles. The number of benzene rings is 3. The van der Waals surface area contributed by atoms with E-state index in [-0.39, 0.29) is 27.2 Å². The fraction of sp³-hybridized carbons (Fsp3) is 0.0435. The van der Waals surface area contributed by atoms with Crippen molar-refractivity contribution in [3.63, 3.8) is 0 Å². The molecule has 1 heterocycles. The number of halogens is 1. The van der Waals surface area contributed by atoms with Gasteiger partial charge in [0.25, 0.3) is 11.6 Å². The highest BCUT2D eigenvalue weighted by Gasteiger charge is 2.38. The Bertz CT molecular complexity index is 1220. The highest BCUT2D eigenvalue weighted by molar-refractivity contribution is 9.10. The van der Waals surface area contributed by atoms with Gasteiger partial charge in [-0.25, -0.2) is 10.9 Å². The number of nitro benzene ring substituents is 1. The van der Waals surface area contributed by atoms with Crippen LogP contribution >= 0.6 is 15.9 Å². The van der Waals surface area contributed by atoms with Crippen molar-refractivity contribution in [2.75, 3.05) is 0 Å². The van der Waals surface area contributed by atoms with Crippen molar-refractivity contribution in [2.24, 2.45) is 5.10 Å². The molecule has 0 aromatic heterocycles. The Morgan fingerprint density at radius 1 is 1.09 bits per heavy atom. The molecule has 0 atom stereocenters. The first-order valence-electron chi connectivity index (χ1n) is 9.78. The van der Waals surface area contributed by atoms with E-state index in [1.165, 1.54) is 6.07 Å². The number of carbonyl (C=O) groups is 1. The maximum absolute atomic E-state index is 12.7. The van der Waals surface area contributed by atoms with Gasteiger partial charge in [-0.3, -0.25) is 14.9 Å². The molecule has 33 heavy (non-hydrogen) atoms. The van der Waals surface area contributed by atoms with E-state index >= 15 is 0 Å². The Labute approximate surface area is 197 Å². The molecule has 4 rings (SSSR count). The molecule has 4 N–H and O–H groups in total. The number of phenolic OH excluding ortho intramolecular Hbond substituents is 1. The average molecular weight is 508 g/mol. The van der Waals surface area contributed by atoms with Gasteiger partial charge < -0.3 is 10.5 Å². The number of nitrogens with one attached hydrogen (secondary N) is 3. The molecular formula is C23H18BrN5O4. The highest BCUT2D eigenvalue weighted by atomic mass is 79.9. The van der Waals surface area contributed by atoms with Crippen LogP contribution in [0.1, 0.15) is 16.7 Å². The van der Waals surface area contributed by atoms with E-state index in [0.717, 1.165) is 23.4 Å². The maximum atomic E-state index is 12.7. The quantitative estimate of drug-likeness (QED) is 0.229. The number of aromatic hydroxyl groups is 1. The van der Waals surface area contributed by atoms with Crippen molar-refractivity contribution >= 4 is 33.7 Å². The van der Waals surface area contributed by atoms with Crippen LogP contribution in [-0.4, -0.2) is 22.2 Å². The van der Waals surface area contributed by atoms with Crippen LogP contribution in [0.3, 0.4) is 0 Å². The van der Waals surface area contributed by atoms with E-state index in [4.69, 9.17) is 0 Å². The van der Waals surface area contributed by atoms with Gasteiger partial charge in [-0.05, 0) is 33.1 Å². The summed E-state index contributed by atoms with van der Waals surface area (Å²) >= 11 is 3.07. The minimum Gasteiger partial charge on any atom is -0.506 e. The van der Waals surface area contributed by atoms with Crippen molar-refractivity contribution < 1.29 is 14.8 Å². The molecule has 10 heteroatoms. The van der Waals surface area contributed by atoms with Gasteiger partial charge in [-0.1, -0.05) is 60.7 Å². The van der Waals surface area contributed by atoms with Gasteiger partial charge in [0.2, 0.25) is 0 Å². The van der Waals surface area contributed by atoms with E-state index in [2.05, 4.69) is 37.3 Å². The second kappa shape index (κ2) is 9.23. The summed E-state index contributed by atoms with van der Waals surface area (Å²) < 4.78 is 0.143. The Morgan fingerprint density at radius 2 is 1.70 bits per heavy atom. The number of nitrogens with zero attached hydrogens (tertiary/aromatic N) is 2. The number of rotatable bonds is 6. The minimum absolute atomic E-state index is 0.0748. The van der Waals surface area contributed by atoms with Gasteiger partial charge in [0.15, 0.2) is 0 Å². The third kappa shape index (κ3) is 4.47. The predicted octanol–water partition coefficient (Wildman–Crippen LogP) is 3.45. The van der Waals surface area contributed by atoms with E-state index < -0.39 is 16.4 Å². The summed E-state index contributed by atoms with van der Waals surface area (Å²) in [5.74, 6) is -0.762. The summed E-state index contributed by atoms with van der Waals surface area (Å²) in [6.07, 6.45) is 2.90. The second-order valence-corrected chi connectivity index (χ2v) is 8.02. The molecule has 1 aliphatic rings. The number of amides is 1. The van der Waals surface area contributed by atoms with Crippen LogP contribution in [0, 0.1) is 10.1 Å². The van der Waals surface area contributed by atoms with Crippen molar-refractivity contribution in [1.29, 1.82) is 0 Å². The Balaban J connectivity index is 1.59. The van der Waals surface area contributed by atoms with E-state index in [1.807, 2.05) is 60.7 Å². The van der Waals surface area contributed by atoms with E-state index in [9.17, 15) is 20.0 Å². The zero-order valence-corrected chi connectivity index (χ0v) is 18.6. The number of carbonyl (C=O) groups excluding carboxylic acids is 1. The Hall–Kier alpha value is -4.02. The average Bonchev–Trinajstić information content (AvgIpc) is 3.29. The largest absolute Gasteiger partial charge is 0.506 e. The second-order valence-electron chi connectivity index (χ2n) is 7.17. The zero-order chi connectivity index (χ0) is 23.4. The van der Waals surface area contributed by atoms with Gasteiger partial charge in [0, 0.05) is 17.7 Å². The predicted molar refractivity (Wildman–Crippen MR) is 126 cm³/mol. The van der Waals surface area contributed by atoms with Crippen LogP contribution in [0.4, 0.5) is 5.69 Å². The number of non-ortho nitro benzene ring substituents is 1. The summed E-state index contributed by atoms with van der Waals surface area (Å²) in [7, 11) is 0. The summed E-state index contributed by atoms with van der Waals surface area (Å²) in [5, 5.41) is 25.0. The van der Waals surface area contributed by atoms with Crippen molar-refractivity contribution in [3.8, 4) is 5.75 Å². The zero-order valence-electron chi connectivity index (χ0n) is 17.0. The van der Waals surface area contributed by atoms with Gasteiger partial charge in [-0.15, -0.1) is 0 Å². The molecule has 0 fully saturated rings. The smallest absolute Gasteiger partial charge is 0.288 e. The third-order valence-electron chi connectivity index (χ3n) is 5.12. The molecule has 0 saturated carbocycles. The molecule has 0 radical (unpaired) electrons. The summed E-state index contributed by atoms with van der Waals surface area (Å²) in [5.41, 5.74) is 9.66. The fourth-order valence-electron chi connectivity index (χ4n) is 3.49. The number of phenols is 1. The molecular weight excluding hydrogens is 490 g/mol. The first kappa shape index (κ1) is 22.2. The lowest BCUT2D eigenvalue weighted by atomic mass is 9.83. The van der Waals surface area contributed by atoms with Crippen LogP contribution in [0.5, 0.6) is 5.75 Å². The lowest BCUT2D eigenvalue weighted by Crippen LogP contribution is -2.44. The summed E-state index contributed by atoms with van der Waals surface area (Å²) in [4.78, 5) is 23.2. The third-order valence-corrected chi connectivity index (χ3v) is 5.72. The topological polar surface area (TPSA) is 129 Å². The molecule has 0 saturated heterocycles. The number of hydrazone groups is 1. The number of hydrogen-bond donors (Lipinski definition) is 4. The first-order valence-corrected chi connectivity index (χ1v) is 10.6. The van der Waals surface area contributed by atoms with Gasteiger partial charge in [0.05, 0.1) is 15.6 Å². The van der Waals surface area contributed by atoms with Crippen LogP contribution in [-0.2, 0) is 10.3 Å². The van der Waals surface area contributed by atoms with Crippen LogP contribution < -0.4 is 16.3 Å². The highest BCUT2D eigenvalue weighted by Crippen LogP contribution is 2.34. The van der Waals surface area contributed by atoms with Gasteiger partial charge in [0.1, 0.15) is 17.0 Å². The number of hydrazine groups is 1. The van der Waals surface area contributed by atoms with Gasteiger partial charge in [-0.2, -0.15) is 5.10 Å². The molecule has 1 amide bonds. The summed E-state index contributed by atoms with van der Waals surface area (Å²) in [6.45, 7) is 0. The van der Waals surface area contributed by atoms with E-state index in [1.54, 1.807) is 6.08 Å². The lowest BCUT2D eigenvalue weighted by molar-refractivity contribution is -0.385. The van der Waals surface area contributed by atoms with E-state index in [0.29, 0.717) is 0 Å². The number of hydrogen-bond acceptors (Lipinski definition) is 7. The van der Waals surface area contributed by atoms with Crippen LogP contribution in [0.15, 0.2) is 94.1 Å². The monoisotopic (exact) mass is 507 g/mol. The molecule has 1 aliphatic heterocycles. The molecule has 0 unspecified atom stereocenters. The molecule has 0 bridgehead atoms. The van der Waals surface area contributed by atoms with Crippen molar-refractivity contribution in [2.45, 2.75) is 5.54 Å². The van der Waals surface area contributed by atoms with Crippen molar-refractivity contribution in [1.82, 2.24) is 16.3 Å². The maximum Gasteiger partial charge on any atom is 0.288 e. The van der Waals surface area contributed by atoms with Gasteiger partial charge >= 0.3 is 0 Å². The SMILES string of the molecule is O=C(N/N=C/c1cc([N+](=O)[O-])cc(Br)c1O)C1=CC(c2ccccc2)(c2ccccc2)NN1.